The van der Waals surface area contributed by atoms with Gasteiger partial charge < -0.3 is 0 Å². The van der Waals surface area contributed by atoms with E-state index in [2.05, 4.69) is 6.92 Å². The predicted molar refractivity (Wildman–Crippen MR) is 43.2 cm³/mol. The zero-order valence-electron chi connectivity index (χ0n) is 5.57. The van der Waals surface area contributed by atoms with Crippen LogP contribution in [0.5, 0.6) is 0 Å². The summed E-state index contributed by atoms with van der Waals surface area (Å²) in [7, 11) is 0. The van der Waals surface area contributed by atoms with Crippen LogP contribution in [0, 0.1) is 0 Å². The molecule has 0 spiro atoms. The van der Waals surface area contributed by atoms with Gasteiger partial charge in [0.25, 0.3) is 0 Å². The normalized spacial score (nSPS) is 13.7. The molecule has 9 heavy (non-hydrogen) atoms. The van der Waals surface area contributed by atoms with Crippen LogP contribution < -0.4 is 0 Å². The standard InChI is InChI=1S/C6H12ClFS/c1-6(5-7)9-4-2-3-8/h6H,2-5H2,1H3. The van der Waals surface area contributed by atoms with Gasteiger partial charge in [-0.2, -0.15) is 11.8 Å². The largest absolute Gasteiger partial charge is 0.251 e. The number of rotatable bonds is 5. The van der Waals surface area contributed by atoms with E-state index in [-0.39, 0.29) is 6.67 Å². The van der Waals surface area contributed by atoms with Gasteiger partial charge in [-0.3, -0.25) is 4.39 Å². The highest BCUT2D eigenvalue weighted by Crippen LogP contribution is 2.12. The van der Waals surface area contributed by atoms with Crippen molar-refractivity contribution < 1.29 is 4.39 Å². The topological polar surface area (TPSA) is 0 Å². The van der Waals surface area contributed by atoms with Gasteiger partial charge in [0.1, 0.15) is 0 Å². The van der Waals surface area contributed by atoms with Gasteiger partial charge in [-0.1, -0.05) is 6.92 Å². The lowest BCUT2D eigenvalue weighted by Gasteiger charge is -2.03. The molecular formula is C6H12ClFS. The molecule has 0 aromatic rings. The number of thioether (sulfide) groups is 1. The molecule has 0 saturated carbocycles. The molecule has 0 heterocycles. The smallest absolute Gasteiger partial charge is 0.0902 e. The molecule has 0 rings (SSSR count). The van der Waals surface area contributed by atoms with Gasteiger partial charge in [-0.15, -0.1) is 11.6 Å². The first-order valence-electron chi connectivity index (χ1n) is 3.04. The van der Waals surface area contributed by atoms with Crippen LogP contribution in [-0.2, 0) is 0 Å². The highest BCUT2D eigenvalue weighted by atomic mass is 35.5. The first-order chi connectivity index (χ1) is 4.31. The number of halogens is 2. The molecule has 1 atom stereocenters. The molecule has 56 valence electrons. The molecule has 0 aliphatic carbocycles. The minimum atomic E-state index is -0.206. The molecule has 1 unspecified atom stereocenters. The summed E-state index contributed by atoms with van der Waals surface area (Å²) in [5, 5.41) is 0.471. The third-order valence-electron chi connectivity index (χ3n) is 0.898. The van der Waals surface area contributed by atoms with Gasteiger partial charge in [-0.05, 0) is 12.2 Å². The quantitative estimate of drug-likeness (QED) is 0.452. The lowest BCUT2D eigenvalue weighted by atomic mass is 10.5. The molecule has 0 aromatic carbocycles. The van der Waals surface area contributed by atoms with Crippen molar-refractivity contribution in [1.82, 2.24) is 0 Å². The molecule has 0 nitrogen and oxygen atoms in total. The van der Waals surface area contributed by atoms with Crippen LogP contribution in [0.2, 0.25) is 0 Å². The van der Waals surface area contributed by atoms with Gasteiger partial charge in [0.2, 0.25) is 0 Å². The second-order valence-corrected chi connectivity index (χ2v) is 3.73. The highest BCUT2D eigenvalue weighted by Gasteiger charge is 1.97. The molecular weight excluding hydrogens is 159 g/mol. The van der Waals surface area contributed by atoms with E-state index in [1.165, 1.54) is 0 Å². The van der Waals surface area contributed by atoms with Crippen LogP contribution in [0.3, 0.4) is 0 Å². The Bertz CT molecular complexity index is 61.0. The summed E-state index contributed by atoms with van der Waals surface area (Å²) in [6, 6.07) is 0. The van der Waals surface area contributed by atoms with Crippen molar-refractivity contribution in [3.8, 4) is 0 Å². The Morgan fingerprint density at radius 1 is 1.67 bits per heavy atom. The molecule has 0 saturated heterocycles. The third kappa shape index (κ3) is 6.46. The van der Waals surface area contributed by atoms with Gasteiger partial charge >= 0.3 is 0 Å². The molecule has 0 radical (unpaired) electrons. The van der Waals surface area contributed by atoms with E-state index in [0.29, 0.717) is 17.6 Å². The summed E-state index contributed by atoms with van der Waals surface area (Å²) in [5.74, 6) is 1.56. The fourth-order valence-electron chi connectivity index (χ4n) is 0.384. The van der Waals surface area contributed by atoms with E-state index < -0.39 is 0 Å². The van der Waals surface area contributed by atoms with Crippen molar-refractivity contribution in [3.63, 3.8) is 0 Å². The van der Waals surface area contributed by atoms with Gasteiger partial charge in [-0.25, -0.2) is 0 Å². The van der Waals surface area contributed by atoms with E-state index >= 15 is 0 Å². The Morgan fingerprint density at radius 2 is 2.33 bits per heavy atom. The highest BCUT2D eigenvalue weighted by molar-refractivity contribution is 7.99. The first kappa shape index (κ1) is 9.57. The van der Waals surface area contributed by atoms with E-state index in [4.69, 9.17) is 11.6 Å². The minimum Gasteiger partial charge on any atom is -0.251 e. The van der Waals surface area contributed by atoms with Gasteiger partial charge in [0, 0.05) is 11.1 Å². The monoisotopic (exact) mass is 170 g/mol. The molecule has 0 aromatic heterocycles. The molecule has 0 aliphatic heterocycles. The SMILES string of the molecule is CC(CCl)SCCCF. The Kier molecular flexibility index (Phi) is 7.11. The van der Waals surface area contributed by atoms with Crippen molar-refractivity contribution in [2.24, 2.45) is 0 Å². The van der Waals surface area contributed by atoms with Crippen LogP contribution in [-0.4, -0.2) is 23.6 Å². The second kappa shape index (κ2) is 6.69. The van der Waals surface area contributed by atoms with Crippen molar-refractivity contribution >= 4 is 23.4 Å². The maximum absolute atomic E-state index is 11.5. The van der Waals surface area contributed by atoms with Crippen LogP contribution >= 0.6 is 23.4 Å². The fraction of sp³-hybridized carbons (Fsp3) is 1.00. The minimum absolute atomic E-state index is 0.206. The number of hydrogen-bond acceptors (Lipinski definition) is 1. The number of hydrogen-bond donors (Lipinski definition) is 0. The lowest BCUT2D eigenvalue weighted by molar-refractivity contribution is 0.489. The Morgan fingerprint density at radius 3 is 2.78 bits per heavy atom. The molecule has 0 amide bonds. The number of alkyl halides is 2. The summed E-state index contributed by atoms with van der Waals surface area (Å²) in [6.07, 6.45) is 0.659. The zero-order valence-corrected chi connectivity index (χ0v) is 7.14. The first-order valence-corrected chi connectivity index (χ1v) is 4.63. The fourth-order valence-corrected chi connectivity index (χ4v) is 1.42. The zero-order chi connectivity index (χ0) is 7.11. The third-order valence-corrected chi connectivity index (χ3v) is 2.80. The Balaban J connectivity index is 2.88. The maximum atomic E-state index is 11.5. The molecule has 0 N–H and O–H groups in total. The lowest BCUT2D eigenvalue weighted by Crippen LogP contribution is -1.98. The average Bonchev–Trinajstić information content (AvgIpc) is 1.89. The molecule has 0 aliphatic rings. The van der Waals surface area contributed by atoms with Crippen LogP contribution in [0.4, 0.5) is 4.39 Å². The van der Waals surface area contributed by atoms with Crippen LogP contribution in [0.15, 0.2) is 0 Å². The molecule has 0 bridgehead atoms. The molecule has 3 heteroatoms. The second-order valence-electron chi connectivity index (χ2n) is 1.88. The van der Waals surface area contributed by atoms with Crippen molar-refractivity contribution in [3.05, 3.63) is 0 Å². The predicted octanol–water partition coefficient (Wildman–Crippen LogP) is 2.71. The van der Waals surface area contributed by atoms with E-state index in [0.717, 1.165) is 5.75 Å². The Labute approximate surface area is 65.2 Å². The van der Waals surface area contributed by atoms with Gasteiger partial charge in [0.15, 0.2) is 0 Å². The van der Waals surface area contributed by atoms with E-state index in [1.54, 1.807) is 11.8 Å². The van der Waals surface area contributed by atoms with Crippen molar-refractivity contribution in [2.45, 2.75) is 18.6 Å². The van der Waals surface area contributed by atoms with Crippen LogP contribution in [0.1, 0.15) is 13.3 Å². The summed E-state index contributed by atoms with van der Waals surface area (Å²) in [4.78, 5) is 0. The van der Waals surface area contributed by atoms with Crippen molar-refractivity contribution in [2.75, 3.05) is 18.3 Å². The summed E-state index contributed by atoms with van der Waals surface area (Å²) >= 11 is 7.25. The van der Waals surface area contributed by atoms with Crippen molar-refractivity contribution in [1.29, 1.82) is 0 Å². The molecule has 0 fully saturated rings. The van der Waals surface area contributed by atoms with E-state index in [1.807, 2.05) is 0 Å². The Hall–Kier alpha value is 0.570. The summed E-state index contributed by atoms with van der Waals surface area (Å²) < 4.78 is 11.5. The maximum Gasteiger partial charge on any atom is 0.0902 e. The summed E-state index contributed by atoms with van der Waals surface area (Å²) in [6.45, 7) is 1.85. The van der Waals surface area contributed by atoms with E-state index in [9.17, 15) is 4.39 Å². The van der Waals surface area contributed by atoms with Crippen LogP contribution in [0.25, 0.3) is 0 Å². The summed E-state index contributed by atoms with van der Waals surface area (Å²) in [5.41, 5.74) is 0. The van der Waals surface area contributed by atoms with Gasteiger partial charge in [0.05, 0.1) is 6.67 Å². The average molecular weight is 171 g/mol.